The predicted molar refractivity (Wildman–Crippen MR) is 83.0 cm³/mol. The monoisotopic (exact) mass is 336 g/mol. The number of Topliss-reactive ketones (excluding diaryl/α,β-unsaturated/α-hetero) is 2. The topological polar surface area (TPSA) is 89.9 Å². The first-order valence-corrected chi connectivity index (χ1v) is 9.09. The van der Waals surface area contributed by atoms with Crippen LogP contribution in [-0.4, -0.2) is 16.5 Å². The van der Waals surface area contributed by atoms with Crippen molar-refractivity contribution in [1.29, 1.82) is 0 Å². The van der Waals surface area contributed by atoms with E-state index in [0.717, 1.165) is 12.8 Å². The molecular weight excluding hydrogens is 319 g/mol. The van der Waals surface area contributed by atoms with E-state index >= 15 is 0 Å². The van der Waals surface area contributed by atoms with Gasteiger partial charge in [-0.3, -0.25) is 14.5 Å². The Bertz CT molecular complexity index is 731. The maximum Gasteiger partial charge on any atom is 0.584 e. The molecule has 1 aromatic rings. The summed E-state index contributed by atoms with van der Waals surface area (Å²) in [6.07, 6.45) is 2.42. The molecule has 2 aliphatic heterocycles. The molecule has 3 aliphatic rings. The van der Waals surface area contributed by atoms with Gasteiger partial charge < -0.3 is 9.05 Å². The molecule has 2 bridgehead atoms. The molecule has 0 amide bonds. The lowest BCUT2D eigenvalue weighted by Gasteiger charge is -2.21. The lowest BCUT2D eigenvalue weighted by molar-refractivity contribution is 0.0966. The van der Waals surface area contributed by atoms with E-state index in [4.69, 9.17) is 9.05 Å². The summed E-state index contributed by atoms with van der Waals surface area (Å²) in [6.45, 7) is 3.86. The van der Waals surface area contributed by atoms with Crippen LogP contribution in [0.2, 0.25) is 0 Å². The third-order valence-electron chi connectivity index (χ3n) is 3.92. The molecule has 122 valence electrons. The van der Waals surface area contributed by atoms with Crippen LogP contribution < -0.4 is 9.05 Å². The van der Waals surface area contributed by atoms with Crippen molar-refractivity contribution in [1.82, 2.24) is 0 Å². The lowest BCUT2D eigenvalue weighted by atomic mass is 9.80. The third-order valence-corrected chi connectivity index (χ3v) is 4.78. The number of fused-ring (bicyclic) bond motifs is 3. The molecule has 7 heteroatoms. The number of allylic oxidation sites excluding steroid dienone is 2. The van der Waals surface area contributed by atoms with E-state index in [-0.39, 0.29) is 34.2 Å². The number of phosphoric ester groups is 1. The zero-order valence-corrected chi connectivity index (χ0v) is 13.8. The zero-order chi connectivity index (χ0) is 16.8. The fourth-order valence-electron chi connectivity index (χ4n) is 3.04. The summed E-state index contributed by atoms with van der Waals surface area (Å²) >= 11 is 0. The molecule has 0 saturated carbocycles. The van der Waals surface area contributed by atoms with E-state index in [0.29, 0.717) is 24.0 Å². The molecule has 0 unspecified atom stereocenters. The summed E-state index contributed by atoms with van der Waals surface area (Å²) in [5.41, 5.74) is 1.04. The molecule has 23 heavy (non-hydrogen) atoms. The van der Waals surface area contributed by atoms with Crippen LogP contribution in [-0.2, 0) is 4.57 Å². The first-order valence-electron chi connectivity index (χ1n) is 7.60. The Morgan fingerprint density at radius 2 is 1.30 bits per heavy atom. The van der Waals surface area contributed by atoms with Crippen molar-refractivity contribution in [3.63, 3.8) is 0 Å². The number of hydrogen-bond donors (Lipinski definition) is 1. The summed E-state index contributed by atoms with van der Waals surface area (Å²) in [5, 5.41) is 0. The largest absolute Gasteiger partial charge is 0.584 e. The van der Waals surface area contributed by atoms with Crippen molar-refractivity contribution in [3.8, 4) is 11.5 Å². The molecule has 1 aliphatic carbocycles. The Balaban J connectivity index is 2.25. The average molecular weight is 336 g/mol. The normalized spacial score (nSPS) is 18.4. The van der Waals surface area contributed by atoms with Crippen LogP contribution in [0.3, 0.4) is 0 Å². The van der Waals surface area contributed by atoms with E-state index in [1.165, 1.54) is 12.1 Å². The smallest absolute Gasteiger partial charge is 0.394 e. The van der Waals surface area contributed by atoms with Gasteiger partial charge in [-0.05, 0) is 25.0 Å². The number of benzene rings is 1. The Morgan fingerprint density at radius 3 is 1.65 bits per heavy atom. The minimum Gasteiger partial charge on any atom is -0.394 e. The molecule has 4 rings (SSSR count). The number of phosphoric acid groups is 1. The van der Waals surface area contributed by atoms with E-state index in [2.05, 4.69) is 0 Å². The van der Waals surface area contributed by atoms with Gasteiger partial charge in [0.25, 0.3) is 0 Å². The van der Waals surface area contributed by atoms with Crippen LogP contribution >= 0.6 is 7.82 Å². The van der Waals surface area contributed by atoms with Crippen LogP contribution in [0.4, 0.5) is 0 Å². The van der Waals surface area contributed by atoms with Crippen LogP contribution in [0.25, 0.3) is 0 Å². The second-order valence-electron chi connectivity index (χ2n) is 5.58. The third kappa shape index (κ3) is 2.52. The Labute approximate surface area is 133 Å². The Kier molecular flexibility index (Phi) is 3.90. The molecule has 0 atom stereocenters. The molecule has 1 aromatic carbocycles. The number of carbonyl (C=O) groups is 2. The summed E-state index contributed by atoms with van der Waals surface area (Å²) in [5.74, 6) is -0.774. The van der Waals surface area contributed by atoms with Crippen molar-refractivity contribution >= 4 is 19.4 Å². The maximum absolute atomic E-state index is 12.9. The highest BCUT2D eigenvalue weighted by Gasteiger charge is 2.42. The lowest BCUT2D eigenvalue weighted by Crippen LogP contribution is -2.22. The standard InChI is InChI=1S/C16H17O6P/c1-3-5-9-10(6-4-2)16(18)14-12-8-7-11(13(14)15(9)17)21-23(19,20)22-12/h7-8H,3-6H2,1-2H3,(H,19,20). The average Bonchev–Trinajstić information content (AvgIpc) is 2.70. The molecule has 0 fully saturated rings. The minimum absolute atomic E-state index is 0.0441. The van der Waals surface area contributed by atoms with Gasteiger partial charge in [0.2, 0.25) is 0 Å². The second-order valence-corrected chi connectivity index (χ2v) is 6.88. The first kappa shape index (κ1) is 16.0. The van der Waals surface area contributed by atoms with Crippen molar-refractivity contribution in [2.45, 2.75) is 39.5 Å². The number of ketones is 2. The second kappa shape index (κ2) is 5.62. The molecule has 2 heterocycles. The van der Waals surface area contributed by atoms with Gasteiger partial charge in [-0.1, -0.05) is 26.7 Å². The fourth-order valence-corrected chi connectivity index (χ4v) is 3.88. The highest BCUT2D eigenvalue weighted by atomic mass is 31.2. The van der Waals surface area contributed by atoms with Gasteiger partial charge in [0.05, 0.1) is 11.1 Å². The fraction of sp³-hybridized carbons (Fsp3) is 0.375. The molecule has 0 saturated heterocycles. The molecule has 6 nitrogen and oxygen atoms in total. The SMILES string of the molecule is CCCC1=C(CCC)C(=O)c2c3ccc(c2C1=O)OP(=O)(O)O3. The molecule has 0 aromatic heterocycles. The highest BCUT2D eigenvalue weighted by molar-refractivity contribution is 7.48. The molecule has 0 radical (unpaired) electrons. The van der Waals surface area contributed by atoms with Crippen LogP contribution in [0.15, 0.2) is 23.3 Å². The van der Waals surface area contributed by atoms with E-state index in [9.17, 15) is 19.0 Å². The summed E-state index contributed by atoms with van der Waals surface area (Å²) in [6, 6.07) is 2.78. The first-order chi connectivity index (χ1) is 10.9. The van der Waals surface area contributed by atoms with Gasteiger partial charge in [-0.25, -0.2) is 4.57 Å². The summed E-state index contributed by atoms with van der Waals surface area (Å²) < 4.78 is 21.7. The van der Waals surface area contributed by atoms with E-state index < -0.39 is 7.82 Å². The van der Waals surface area contributed by atoms with Gasteiger partial charge in [0.15, 0.2) is 11.6 Å². The van der Waals surface area contributed by atoms with Gasteiger partial charge in [0.1, 0.15) is 11.5 Å². The molecular formula is C16H17O6P. The quantitative estimate of drug-likeness (QED) is 0.840. The number of rotatable bonds is 4. The summed E-state index contributed by atoms with van der Waals surface area (Å²) in [7, 11) is -4.38. The van der Waals surface area contributed by atoms with E-state index in [1.807, 2.05) is 13.8 Å². The van der Waals surface area contributed by atoms with Crippen LogP contribution in [0, 0.1) is 0 Å². The molecule has 0 spiro atoms. The van der Waals surface area contributed by atoms with Crippen molar-refractivity contribution < 1.29 is 28.1 Å². The van der Waals surface area contributed by atoms with Gasteiger partial charge in [0, 0.05) is 11.1 Å². The van der Waals surface area contributed by atoms with Crippen molar-refractivity contribution in [2.75, 3.05) is 0 Å². The van der Waals surface area contributed by atoms with Crippen molar-refractivity contribution in [2.24, 2.45) is 0 Å². The van der Waals surface area contributed by atoms with Crippen LogP contribution in [0.1, 0.15) is 60.2 Å². The van der Waals surface area contributed by atoms with Crippen LogP contribution in [0.5, 0.6) is 11.5 Å². The molecule has 1 N–H and O–H groups in total. The van der Waals surface area contributed by atoms with Crippen molar-refractivity contribution in [3.05, 3.63) is 34.4 Å². The Morgan fingerprint density at radius 1 is 0.913 bits per heavy atom. The summed E-state index contributed by atoms with van der Waals surface area (Å²) in [4.78, 5) is 35.4. The van der Waals surface area contributed by atoms with Gasteiger partial charge in [-0.2, -0.15) is 0 Å². The highest BCUT2D eigenvalue weighted by Crippen LogP contribution is 2.53. The zero-order valence-electron chi connectivity index (χ0n) is 12.9. The number of carbonyl (C=O) groups excluding carboxylic acids is 2. The number of hydrogen-bond acceptors (Lipinski definition) is 5. The predicted octanol–water partition coefficient (Wildman–Crippen LogP) is 3.83. The minimum atomic E-state index is -4.38. The van der Waals surface area contributed by atoms with E-state index in [1.54, 1.807) is 0 Å². The Hall–Kier alpha value is -1.91. The van der Waals surface area contributed by atoms with Gasteiger partial charge >= 0.3 is 7.82 Å². The maximum atomic E-state index is 12.9. The van der Waals surface area contributed by atoms with Gasteiger partial charge in [-0.15, -0.1) is 0 Å².